The van der Waals surface area contributed by atoms with Gasteiger partial charge in [0.1, 0.15) is 0 Å². The van der Waals surface area contributed by atoms with Gasteiger partial charge in [-0.1, -0.05) is 32.9 Å². The summed E-state index contributed by atoms with van der Waals surface area (Å²) in [7, 11) is -4.63. The molecule has 0 saturated carbocycles. The number of nitrogens with zero attached hydrogens (tertiary/aromatic N) is 2. The quantitative estimate of drug-likeness (QED) is 0.847. The number of benzene rings is 1. The molecule has 0 spiro atoms. The topological polar surface area (TPSA) is 82.2 Å². The molecule has 0 unspecified atom stereocenters. The Kier molecular flexibility index (Phi) is 4.43. The Bertz CT molecular complexity index is 846. The summed E-state index contributed by atoms with van der Waals surface area (Å²) in [5.74, 6) is -3.83. The fourth-order valence-corrected chi connectivity index (χ4v) is 2.49. The highest BCUT2D eigenvalue weighted by molar-refractivity contribution is 7.91. The van der Waals surface area contributed by atoms with Crippen molar-refractivity contribution < 1.29 is 21.6 Å². The molecule has 6 nitrogen and oxygen atoms in total. The van der Waals surface area contributed by atoms with E-state index < -0.39 is 31.7 Å². The summed E-state index contributed by atoms with van der Waals surface area (Å²) in [4.78, 5) is 11.3. The fourth-order valence-electron chi connectivity index (χ4n) is 1.77. The van der Waals surface area contributed by atoms with Crippen LogP contribution in [0.5, 0.6) is 0 Å². The maximum atomic E-state index is 12.5. The van der Waals surface area contributed by atoms with Gasteiger partial charge in [0.15, 0.2) is 0 Å². The van der Waals surface area contributed by atoms with Crippen LogP contribution in [0.4, 0.5) is 8.78 Å². The van der Waals surface area contributed by atoms with E-state index in [1.807, 2.05) is 20.8 Å². The lowest BCUT2D eigenvalue weighted by molar-refractivity contribution is 0.234. The standard InChI is InChI=1S/C14H16F2N2O4S/c1-14(2,3)11-17-18(13(19)22-11)8-9-4-6-10(7-5-9)23(20,21)12(15)16/h4-7,12H,8H2,1-3H3. The molecule has 0 aliphatic rings. The first-order valence-corrected chi connectivity index (χ1v) is 8.26. The van der Waals surface area contributed by atoms with E-state index in [0.717, 1.165) is 16.8 Å². The minimum absolute atomic E-state index is 0.0490. The normalized spacial score (nSPS) is 12.8. The summed E-state index contributed by atoms with van der Waals surface area (Å²) in [5.41, 5.74) is 0.105. The van der Waals surface area contributed by atoms with Gasteiger partial charge in [0.25, 0.3) is 0 Å². The van der Waals surface area contributed by atoms with Crippen LogP contribution in [0.25, 0.3) is 0 Å². The monoisotopic (exact) mass is 346 g/mol. The lowest BCUT2D eigenvalue weighted by atomic mass is 9.97. The van der Waals surface area contributed by atoms with Gasteiger partial charge in [-0.15, -0.1) is 5.10 Å². The van der Waals surface area contributed by atoms with Crippen molar-refractivity contribution in [3.8, 4) is 0 Å². The summed E-state index contributed by atoms with van der Waals surface area (Å²) in [6, 6.07) is 4.86. The Morgan fingerprint density at radius 3 is 2.22 bits per heavy atom. The molecule has 0 radical (unpaired) electrons. The zero-order chi connectivity index (χ0) is 17.4. The third kappa shape index (κ3) is 3.66. The maximum absolute atomic E-state index is 12.5. The molecule has 23 heavy (non-hydrogen) atoms. The summed E-state index contributed by atoms with van der Waals surface area (Å²) in [6.07, 6.45) is 0. The predicted octanol–water partition coefficient (Wildman–Crippen LogP) is 2.18. The molecule has 1 aromatic heterocycles. The second-order valence-corrected chi connectivity index (χ2v) is 7.95. The van der Waals surface area contributed by atoms with Crippen molar-refractivity contribution >= 4 is 9.84 Å². The van der Waals surface area contributed by atoms with Crippen LogP contribution in [-0.4, -0.2) is 24.0 Å². The highest BCUT2D eigenvalue weighted by Crippen LogP contribution is 2.20. The third-order valence-electron chi connectivity index (χ3n) is 3.07. The van der Waals surface area contributed by atoms with Gasteiger partial charge in [0.2, 0.25) is 15.7 Å². The van der Waals surface area contributed by atoms with Crippen molar-refractivity contribution in [1.29, 1.82) is 0 Å². The number of sulfone groups is 1. The van der Waals surface area contributed by atoms with Gasteiger partial charge < -0.3 is 4.42 Å². The first-order chi connectivity index (χ1) is 10.5. The minimum Gasteiger partial charge on any atom is -0.392 e. The van der Waals surface area contributed by atoms with Crippen molar-refractivity contribution in [3.63, 3.8) is 0 Å². The van der Waals surface area contributed by atoms with Crippen LogP contribution in [0.15, 0.2) is 38.4 Å². The van der Waals surface area contributed by atoms with Crippen molar-refractivity contribution in [2.45, 2.75) is 43.4 Å². The summed E-state index contributed by atoms with van der Waals surface area (Å²) < 4.78 is 53.7. The smallest absolute Gasteiger partial charge is 0.392 e. The maximum Gasteiger partial charge on any atom is 0.437 e. The molecule has 0 fully saturated rings. The number of halogens is 2. The van der Waals surface area contributed by atoms with E-state index in [4.69, 9.17) is 4.42 Å². The van der Waals surface area contributed by atoms with Crippen molar-refractivity contribution in [3.05, 3.63) is 46.3 Å². The van der Waals surface area contributed by atoms with Gasteiger partial charge in [0, 0.05) is 5.41 Å². The lowest BCUT2D eigenvalue weighted by Crippen LogP contribution is -2.17. The number of alkyl halides is 2. The Labute approximate surface area is 131 Å². The zero-order valence-corrected chi connectivity index (χ0v) is 13.6. The first-order valence-electron chi connectivity index (χ1n) is 6.71. The van der Waals surface area contributed by atoms with Crippen molar-refractivity contribution in [2.24, 2.45) is 0 Å². The van der Waals surface area contributed by atoms with E-state index in [-0.39, 0.29) is 12.4 Å². The van der Waals surface area contributed by atoms with E-state index in [1.54, 1.807) is 0 Å². The van der Waals surface area contributed by atoms with Crippen LogP contribution in [0, 0.1) is 0 Å². The molecule has 0 saturated heterocycles. The molecule has 0 atom stereocenters. The molecule has 1 aromatic carbocycles. The molecule has 1 heterocycles. The van der Waals surface area contributed by atoms with Crippen LogP contribution >= 0.6 is 0 Å². The van der Waals surface area contributed by atoms with Crippen LogP contribution in [0.2, 0.25) is 0 Å². The highest BCUT2D eigenvalue weighted by Gasteiger charge is 2.26. The van der Waals surface area contributed by atoms with Gasteiger partial charge >= 0.3 is 11.5 Å². The largest absolute Gasteiger partial charge is 0.437 e. The Morgan fingerprint density at radius 1 is 1.22 bits per heavy atom. The van der Waals surface area contributed by atoms with Gasteiger partial charge in [0.05, 0.1) is 11.4 Å². The molecule has 0 N–H and O–H groups in total. The van der Waals surface area contributed by atoms with Crippen LogP contribution in [-0.2, 0) is 21.8 Å². The lowest BCUT2D eigenvalue weighted by Gasteiger charge is -2.10. The van der Waals surface area contributed by atoms with E-state index in [0.29, 0.717) is 5.56 Å². The van der Waals surface area contributed by atoms with Crippen LogP contribution < -0.4 is 5.76 Å². The second-order valence-electron chi connectivity index (χ2n) is 6.03. The Balaban J connectivity index is 2.26. The average molecular weight is 346 g/mol. The van der Waals surface area contributed by atoms with E-state index in [1.165, 1.54) is 12.1 Å². The van der Waals surface area contributed by atoms with Crippen molar-refractivity contribution in [2.75, 3.05) is 0 Å². The molecular weight excluding hydrogens is 330 g/mol. The molecule has 2 aromatic rings. The zero-order valence-electron chi connectivity index (χ0n) is 12.8. The van der Waals surface area contributed by atoms with Gasteiger partial charge in [-0.25, -0.2) is 13.2 Å². The number of hydrogen-bond donors (Lipinski definition) is 0. The molecule has 0 amide bonds. The molecule has 0 bridgehead atoms. The summed E-state index contributed by atoms with van der Waals surface area (Å²) in [6.45, 7) is 5.57. The molecule has 0 aliphatic heterocycles. The van der Waals surface area contributed by atoms with Crippen molar-refractivity contribution in [1.82, 2.24) is 9.78 Å². The fraction of sp³-hybridized carbons (Fsp3) is 0.429. The summed E-state index contributed by atoms with van der Waals surface area (Å²) >= 11 is 0. The minimum atomic E-state index is -4.63. The van der Waals surface area contributed by atoms with Gasteiger partial charge in [-0.2, -0.15) is 13.5 Å². The van der Waals surface area contributed by atoms with Gasteiger partial charge in [-0.3, -0.25) is 0 Å². The molecule has 0 aliphatic carbocycles. The SMILES string of the molecule is CC(C)(C)c1nn(Cc2ccc(S(=O)(=O)C(F)F)cc2)c(=O)o1. The first kappa shape index (κ1) is 17.3. The van der Waals surface area contributed by atoms with E-state index in [9.17, 15) is 22.0 Å². The van der Waals surface area contributed by atoms with E-state index >= 15 is 0 Å². The molecule has 2 rings (SSSR count). The van der Waals surface area contributed by atoms with Gasteiger partial charge in [-0.05, 0) is 17.7 Å². The summed E-state index contributed by atoms with van der Waals surface area (Å²) in [5, 5.41) is 4.07. The Morgan fingerprint density at radius 2 is 1.78 bits per heavy atom. The number of aromatic nitrogens is 2. The number of hydrogen-bond acceptors (Lipinski definition) is 5. The predicted molar refractivity (Wildman–Crippen MR) is 78.2 cm³/mol. The second kappa shape index (κ2) is 5.88. The molecule has 126 valence electrons. The Hall–Kier alpha value is -2.03. The number of rotatable bonds is 4. The highest BCUT2D eigenvalue weighted by atomic mass is 32.2. The third-order valence-corrected chi connectivity index (χ3v) is 4.47. The molecular formula is C14H16F2N2O4S. The molecule has 9 heteroatoms. The van der Waals surface area contributed by atoms with E-state index in [2.05, 4.69) is 5.10 Å². The average Bonchev–Trinajstić information content (AvgIpc) is 2.81. The van der Waals surface area contributed by atoms with Crippen LogP contribution in [0.3, 0.4) is 0 Å². The van der Waals surface area contributed by atoms with Crippen LogP contribution in [0.1, 0.15) is 32.2 Å².